The van der Waals surface area contributed by atoms with Gasteiger partial charge in [0.25, 0.3) is 0 Å². The number of aliphatic hydroxyl groups is 2. The molecule has 0 bridgehead atoms. The van der Waals surface area contributed by atoms with Crippen LogP contribution >= 0.6 is 11.6 Å². The second-order valence-electron chi connectivity index (χ2n) is 4.37. The summed E-state index contributed by atoms with van der Waals surface area (Å²) in [5, 5.41) is 19.6. The summed E-state index contributed by atoms with van der Waals surface area (Å²) in [6.45, 7) is 2.81. The van der Waals surface area contributed by atoms with Crippen molar-refractivity contribution in [3.05, 3.63) is 34.9 Å². The van der Waals surface area contributed by atoms with E-state index < -0.39 is 6.10 Å². The Kier molecular flexibility index (Phi) is 5.92. The SMILES string of the molecule is CC(CO)N(C)CCC(O)c1cccc(Cl)c1. The number of hydrogen-bond donors (Lipinski definition) is 2. The highest BCUT2D eigenvalue weighted by atomic mass is 35.5. The van der Waals surface area contributed by atoms with Crippen LogP contribution in [0.4, 0.5) is 0 Å². The van der Waals surface area contributed by atoms with Gasteiger partial charge in [-0.05, 0) is 38.1 Å². The number of nitrogens with zero attached hydrogens (tertiary/aromatic N) is 1. The van der Waals surface area contributed by atoms with E-state index >= 15 is 0 Å². The van der Waals surface area contributed by atoms with Crippen molar-refractivity contribution in [3.63, 3.8) is 0 Å². The minimum Gasteiger partial charge on any atom is -0.395 e. The van der Waals surface area contributed by atoms with E-state index in [1.54, 1.807) is 12.1 Å². The second-order valence-corrected chi connectivity index (χ2v) is 4.81. The molecule has 3 nitrogen and oxygen atoms in total. The molecule has 1 aromatic rings. The fraction of sp³-hybridized carbons (Fsp3) is 0.538. The van der Waals surface area contributed by atoms with Gasteiger partial charge in [0.05, 0.1) is 12.7 Å². The molecule has 0 aromatic heterocycles. The normalized spacial score (nSPS) is 14.9. The summed E-state index contributed by atoms with van der Waals surface area (Å²) >= 11 is 5.87. The molecule has 4 heteroatoms. The molecule has 1 aromatic carbocycles. The zero-order chi connectivity index (χ0) is 12.8. The molecular weight excluding hydrogens is 238 g/mol. The molecule has 0 saturated carbocycles. The summed E-state index contributed by atoms with van der Waals surface area (Å²) in [7, 11) is 1.94. The Labute approximate surface area is 108 Å². The molecule has 17 heavy (non-hydrogen) atoms. The minimum absolute atomic E-state index is 0.113. The first-order valence-electron chi connectivity index (χ1n) is 5.79. The topological polar surface area (TPSA) is 43.7 Å². The third kappa shape index (κ3) is 4.64. The molecule has 0 aliphatic rings. The number of likely N-dealkylation sites (N-methyl/N-ethyl adjacent to an activating group) is 1. The van der Waals surface area contributed by atoms with E-state index in [0.29, 0.717) is 11.4 Å². The van der Waals surface area contributed by atoms with E-state index in [-0.39, 0.29) is 12.6 Å². The molecular formula is C13H20ClNO2. The molecule has 2 N–H and O–H groups in total. The van der Waals surface area contributed by atoms with Crippen LogP contribution in [0.5, 0.6) is 0 Å². The van der Waals surface area contributed by atoms with E-state index in [1.807, 2.05) is 31.0 Å². The van der Waals surface area contributed by atoms with Crippen molar-refractivity contribution in [2.24, 2.45) is 0 Å². The first-order valence-corrected chi connectivity index (χ1v) is 6.17. The van der Waals surface area contributed by atoms with E-state index in [9.17, 15) is 5.11 Å². The first-order chi connectivity index (χ1) is 8.04. The highest BCUT2D eigenvalue weighted by molar-refractivity contribution is 6.30. The van der Waals surface area contributed by atoms with Gasteiger partial charge in [-0.3, -0.25) is 0 Å². The van der Waals surface area contributed by atoms with Crippen molar-refractivity contribution in [2.75, 3.05) is 20.2 Å². The van der Waals surface area contributed by atoms with Gasteiger partial charge >= 0.3 is 0 Å². The summed E-state index contributed by atoms with van der Waals surface area (Å²) < 4.78 is 0. The maximum Gasteiger partial charge on any atom is 0.0802 e. The van der Waals surface area contributed by atoms with Gasteiger partial charge < -0.3 is 15.1 Å². The zero-order valence-corrected chi connectivity index (χ0v) is 11.1. The Bertz CT molecular complexity index is 346. The van der Waals surface area contributed by atoms with Gasteiger partial charge in [0.2, 0.25) is 0 Å². The van der Waals surface area contributed by atoms with Gasteiger partial charge in [0, 0.05) is 17.6 Å². The fourth-order valence-corrected chi connectivity index (χ4v) is 1.76. The molecule has 0 aliphatic carbocycles. The van der Waals surface area contributed by atoms with Crippen molar-refractivity contribution >= 4 is 11.6 Å². The standard InChI is InChI=1S/C13H20ClNO2/c1-10(9-16)15(2)7-6-13(17)11-4-3-5-12(14)8-11/h3-5,8,10,13,16-17H,6-7,9H2,1-2H3. The van der Waals surface area contributed by atoms with Gasteiger partial charge in [0.15, 0.2) is 0 Å². The third-order valence-electron chi connectivity index (χ3n) is 3.01. The Morgan fingerprint density at radius 3 is 2.71 bits per heavy atom. The van der Waals surface area contributed by atoms with Crippen molar-refractivity contribution in [1.82, 2.24) is 4.90 Å². The molecule has 0 amide bonds. The van der Waals surface area contributed by atoms with E-state index in [1.165, 1.54) is 0 Å². The smallest absolute Gasteiger partial charge is 0.0802 e. The molecule has 0 fully saturated rings. The predicted octanol–water partition coefficient (Wildman–Crippen LogP) is 2.08. The molecule has 2 unspecified atom stereocenters. The third-order valence-corrected chi connectivity index (χ3v) is 3.24. The highest BCUT2D eigenvalue weighted by Gasteiger charge is 2.12. The monoisotopic (exact) mass is 257 g/mol. The molecule has 0 aliphatic heterocycles. The highest BCUT2D eigenvalue weighted by Crippen LogP contribution is 2.20. The summed E-state index contributed by atoms with van der Waals surface area (Å²) in [4.78, 5) is 2.02. The van der Waals surface area contributed by atoms with Crippen LogP contribution in [0.3, 0.4) is 0 Å². The lowest BCUT2D eigenvalue weighted by Gasteiger charge is -2.24. The van der Waals surface area contributed by atoms with E-state index in [4.69, 9.17) is 16.7 Å². The van der Waals surface area contributed by atoms with Gasteiger partial charge in [-0.1, -0.05) is 23.7 Å². The maximum absolute atomic E-state index is 10.0. The second kappa shape index (κ2) is 6.97. The molecule has 0 radical (unpaired) electrons. The van der Waals surface area contributed by atoms with Crippen LogP contribution < -0.4 is 0 Å². The summed E-state index contributed by atoms with van der Waals surface area (Å²) in [6, 6.07) is 7.38. The van der Waals surface area contributed by atoms with Crippen LogP contribution in [0.2, 0.25) is 5.02 Å². The van der Waals surface area contributed by atoms with Crippen LogP contribution in [0.25, 0.3) is 0 Å². The number of rotatable bonds is 6. The Balaban J connectivity index is 2.47. The predicted molar refractivity (Wildman–Crippen MR) is 70.2 cm³/mol. The number of halogens is 1. The molecule has 0 spiro atoms. The first kappa shape index (κ1) is 14.5. The quantitative estimate of drug-likeness (QED) is 0.820. The molecule has 2 atom stereocenters. The Morgan fingerprint density at radius 1 is 1.41 bits per heavy atom. The lowest BCUT2D eigenvalue weighted by Crippen LogP contribution is -2.33. The van der Waals surface area contributed by atoms with Crippen LogP contribution in [0.1, 0.15) is 25.0 Å². The molecule has 0 heterocycles. The largest absolute Gasteiger partial charge is 0.395 e. The van der Waals surface area contributed by atoms with Gasteiger partial charge in [-0.2, -0.15) is 0 Å². The Hall–Kier alpha value is -0.610. The van der Waals surface area contributed by atoms with Crippen molar-refractivity contribution in [1.29, 1.82) is 0 Å². The van der Waals surface area contributed by atoms with Gasteiger partial charge in [-0.15, -0.1) is 0 Å². The number of aliphatic hydroxyl groups excluding tert-OH is 2. The van der Waals surface area contributed by atoms with Crippen LogP contribution in [0, 0.1) is 0 Å². The average Bonchev–Trinajstić information content (AvgIpc) is 2.34. The number of hydrogen-bond acceptors (Lipinski definition) is 3. The molecule has 96 valence electrons. The van der Waals surface area contributed by atoms with Gasteiger partial charge in [0.1, 0.15) is 0 Å². The summed E-state index contributed by atoms with van der Waals surface area (Å²) in [5.74, 6) is 0. The zero-order valence-electron chi connectivity index (χ0n) is 10.3. The minimum atomic E-state index is -0.512. The lowest BCUT2D eigenvalue weighted by molar-refractivity contribution is 0.117. The average molecular weight is 258 g/mol. The fourth-order valence-electron chi connectivity index (χ4n) is 1.57. The van der Waals surface area contributed by atoms with Crippen LogP contribution in [-0.4, -0.2) is 41.4 Å². The summed E-state index contributed by atoms with van der Waals surface area (Å²) in [5.41, 5.74) is 0.836. The van der Waals surface area contributed by atoms with Crippen LogP contribution in [0.15, 0.2) is 24.3 Å². The summed E-state index contributed by atoms with van der Waals surface area (Å²) in [6.07, 6.45) is 0.114. The van der Waals surface area contributed by atoms with Gasteiger partial charge in [-0.25, -0.2) is 0 Å². The van der Waals surface area contributed by atoms with E-state index in [2.05, 4.69) is 0 Å². The number of benzene rings is 1. The Morgan fingerprint density at radius 2 is 2.12 bits per heavy atom. The van der Waals surface area contributed by atoms with Crippen molar-refractivity contribution in [3.8, 4) is 0 Å². The van der Waals surface area contributed by atoms with Crippen LogP contribution in [-0.2, 0) is 0 Å². The van der Waals surface area contributed by atoms with Crippen molar-refractivity contribution < 1.29 is 10.2 Å². The molecule has 1 rings (SSSR count). The van der Waals surface area contributed by atoms with E-state index in [0.717, 1.165) is 12.1 Å². The lowest BCUT2D eigenvalue weighted by atomic mass is 10.1. The maximum atomic E-state index is 10.0. The molecule has 0 saturated heterocycles. The van der Waals surface area contributed by atoms with Crippen molar-refractivity contribution in [2.45, 2.75) is 25.5 Å².